The van der Waals surface area contributed by atoms with Crippen LogP contribution < -0.4 is 4.72 Å². The molecule has 0 amide bonds. The van der Waals surface area contributed by atoms with Gasteiger partial charge in [-0.25, -0.2) is 13.1 Å². The number of likely N-dealkylation sites (tertiary alicyclic amines) is 1. The summed E-state index contributed by atoms with van der Waals surface area (Å²) < 4.78 is 26.9. The average Bonchev–Trinajstić information content (AvgIpc) is 3.13. The van der Waals surface area contributed by atoms with Crippen molar-refractivity contribution in [3.05, 3.63) is 48.3 Å². The van der Waals surface area contributed by atoms with Gasteiger partial charge in [-0.2, -0.15) is 5.10 Å². The summed E-state index contributed by atoms with van der Waals surface area (Å²) in [6, 6.07) is 10.9. The lowest BCUT2D eigenvalue weighted by molar-refractivity contribution is 0.133. The number of H-pyrrole nitrogens is 1. The van der Waals surface area contributed by atoms with Crippen molar-refractivity contribution in [3.63, 3.8) is 0 Å². The summed E-state index contributed by atoms with van der Waals surface area (Å²) in [4.78, 5) is 2.66. The third-order valence-electron chi connectivity index (χ3n) is 4.53. The highest BCUT2D eigenvalue weighted by Crippen LogP contribution is 2.22. The molecule has 6 nitrogen and oxygen atoms in total. The smallest absolute Gasteiger partial charge is 0.243 e. The van der Waals surface area contributed by atoms with E-state index in [0.717, 1.165) is 25.9 Å². The Bertz CT molecular complexity index is 716. The van der Waals surface area contributed by atoms with E-state index in [2.05, 4.69) is 44.1 Å². The van der Waals surface area contributed by atoms with Gasteiger partial charge in [-0.05, 0) is 31.4 Å². The zero-order valence-corrected chi connectivity index (χ0v) is 14.5. The number of nitrogens with zero attached hydrogens (tertiary/aromatic N) is 2. The quantitative estimate of drug-likeness (QED) is 0.803. The van der Waals surface area contributed by atoms with Crippen molar-refractivity contribution in [1.29, 1.82) is 0 Å². The van der Waals surface area contributed by atoms with Gasteiger partial charge in [0.05, 0.1) is 6.20 Å². The maximum atomic E-state index is 12.1. The van der Waals surface area contributed by atoms with Crippen LogP contribution in [0.4, 0.5) is 0 Å². The van der Waals surface area contributed by atoms with E-state index >= 15 is 0 Å². The molecule has 1 aromatic heterocycles. The Morgan fingerprint density at radius 3 is 2.83 bits per heavy atom. The second-order valence-corrected chi connectivity index (χ2v) is 7.99. The van der Waals surface area contributed by atoms with E-state index < -0.39 is 10.0 Å². The van der Waals surface area contributed by atoms with Gasteiger partial charge in [0, 0.05) is 25.3 Å². The van der Waals surface area contributed by atoms with Gasteiger partial charge in [0.25, 0.3) is 0 Å². The predicted molar refractivity (Wildman–Crippen MR) is 92.9 cm³/mol. The number of aromatic amines is 1. The lowest BCUT2D eigenvalue weighted by Gasteiger charge is -2.36. The van der Waals surface area contributed by atoms with Gasteiger partial charge in [0.15, 0.2) is 0 Å². The van der Waals surface area contributed by atoms with Crippen molar-refractivity contribution < 1.29 is 8.42 Å². The molecule has 1 fully saturated rings. The van der Waals surface area contributed by atoms with Crippen LogP contribution in [0.1, 0.15) is 31.2 Å². The number of nitrogens with one attached hydrogen (secondary N) is 2. The van der Waals surface area contributed by atoms with E-state index in [9.17, 15) is 8.42 Å². The van der Waals surface area contributed by atoms with Gasteiger partial charge >= 0.3 is 0 Å². The number of rotatable bonds is 7. The number of piperidine rings is 1. The van der Waals surface area contributed by atoms with Crippen LogP contribution in [0.5, 0.6) is 0 Å². The van der Waals surface area contributed by atoms with Crippen molar-refractivity contribution in [1.82, 2.24) is 19.8 Å². The summed E-state index contributed by atoms with van der Waals surface area (Å²) in [5.74, 6) is 0. The highest BCUT2D eigenvalue weighted by Gasteiger charge is 2.23. The Morgan fingerprint density at radius 1 is 1.25 bits per heavy atom. The SMILES string of the molecule is O=S(=O)(NCC[C@@H]1CCCCN1Cc1ccccc1)c1cn[nH]c1. The Labute approximate surface area is 143 Å². The van der Waals surface area contributed by atoms with E-state index in [0.29, 0.717) is 12.6 Å². The number of sulfonamides is 1. The van der Waals surface area contributed by atoms with Crippen LogP contribution in [0.25, 0.3) is 0 Å². The molecule has 1 saturated heterocycles. The van der Waals surface area contributed by atoms with E-state index in [1.807, 2.05) is 6.07 Å². The Balaban J connectivity index is 1.54. The molecular weight excluding hydrogens is 324 g/mol. The van der Waals surface area contributed by atoms with Crippen LogP contribution in [0.2, 0.25) is 0 Å². The lowest BCUT2D eigenvalue weighted by atomic mass is 9.98. The van der Waals surface area contributed by atoms with Gasteiger partial charge in [0.1, 0.15) is 4.90 Å². The molecule has 2 aromatic rings. The minimum absolute atomic E-state index is 0.187. The first-order chi connectivity index (χ1) is 11.6. The number of hydrogen-bond acceptors (Lipinski definition) is 4. The van der Waals surface area contributed by atoms with Gasteiger partial charge in [-0.1, -0.05) is 36.8 Å². The Kier molecular flexibility index (Phi) is 5.65. The van der Waals surface area contributed by atoms with Gasteiger partial charge < -0.3 is 0 Å². The first kappa shape index (κ1) is 17.1. The zero-order chi connectivity index (χ0) is 16.8. The summed E-state index contributed by atoms with van der Waals surface area (Å²) in [7, 11) is -3.46. The Morgan fingerprint density at radius 2 is 2.08 bits per heavy atom. The van der Waals surface area contributed by atoms with Crippen LogP contribution in [0, 0.1) is 0 Å². The monoisotopic (exact) mass is 348 g/mol. The molecule has 0 radical (unpaired) electrons. The standard InChI is InChI=1S/C17H24N4O2S/c22-24(23,17-12-18-19-13-17)20-10-9-16-8-4-5-11-21(16)14-15-6-2-1-3-7-15/h1-3,6-7,12-13,16,20H,4-5,8-11,14H2,(H,18,19)/t16-/m0/s1. The molecule has 2 N–H and O–H groups in total. The third-order valence-corrected chi connectivity index (χ3v) is 5.96. The molecule has 0 aliphatic carbocycles. The second kappa shape index (κ2) is 7.92. The van der Waals surface area contributed by atoms with Crippen LogP contribution in [-0.4, -0.2) is 42.6 Å². The molecule has 130 valence electrons. The summed E-state index contributed by atoms with van der Waals surface area (Å²) in [6.07, 6.45) is 7.09. The van der Waals surface area contributed by atoms with Crippen molar-refractivity contribution in [3.8, 4) is 0 Å². The number of aromatic nitrogens is 2. The maximum Gasteiger partial charge on any atom is 0.243 e. The fourth-order valence-corrected chi connectivity index (χ4v) is 4.19. The van der Waals surface area contributed by atoms with E-state index in [4.69, 9.17) is 0 Å². The van der Waals surface area contributed by atoms with E-state index in [-0.39, 0.29) is 4.90 Å². The molecule has 1 aliphatic heterocycles. The van der Waals surface area contributed by atoms with Crippen LogP contribution in [0.3, 0.4) is 0 Å². The number of benzene rings is 1. The summed E-state index contributed by atoms with van der Waals surface area (Å²) in [6.45, 7) is 2.46. The minimum atomic E-state index is -3.46. The minimum Gasteiger partial charge on any atom is -0.296 e. The summed E-state index contributed by atoms with van der Waals surface area (Å²) >= 11 is 0. The number of hydrogen-bond donors (Lipinski definition) is 2. The molecule has 7 heteroatoms. The first-order valence-corrected chi connectivity index (χ1v) is 9.90. The lowest BCUT2D eigenvalue weighted by Crippen LogP contribution is -2.41. The maximum absolute atomic E-state index is 12.1. The molecule has 3 rings (SSSR count). The molecule has 2 heterocycles. The third kappa shape index (κ3) is 4.43. The average molecular weight is 348 g/mol. The molecule has 0 spiro atoms. The van der Waals surface area contributed by atoms with Gasteiger partial charge in [-0.3, -0.25) is 10.00 Å². The first-order valence-electron chi connectivity index (χ1n) is 8.41. The molecule has 1 atom stereocenters. The topological polar surface area (TPSA) is 78.1 Å². The molecule has 0 unspecified atom stereocenters. The molecular formula is C17H24N4O2S. The molecule has 0 bridgehead atoms. The highest BCUT2D eigenvalue weighted by molar-refractivity contribution is 7.89. The predicted octanol–water partition coefficient (Wildman–Crippen LogP) is 2.13. The fourth-order valence-electron chi connectivity index (χ4n) is 3.24. The van der Waals surface area contributed by atoms with Crippen LogP contribution >= 0.6 is 0 Å². The van der Waals surface area contributed by atoms with E-state index in [1.165, 1.54) is 30.8 Å². The molecule has 0 saturated carbocycles. The molecule has 24 heavy (non-hydrogen) atoms. The van der Waals surface area contributed by atoms with Crippen molar-refractivity contribution in [2.24, 2.45) is 0 Å². The van der Waals surface area contributed by atoms with Crippen LogP contribution in [-0.2, 0) is 16.6 Å². The van der Waals surface area contributed by atoms with Crippen LogP contribution in [0.15, 0.2) is 47.6 Å². The van der Waals surface area contributed by atoms with Gasteiger partial charge in [-0.15, -0.1) is 0 Å². The fraction of sp³-hybridized carbons (Fsp3) is 0.471. The van der Waals surface area contributed by atoms with Crippen molar-refractivity contribution in [2.75, 3.05) is 13.1 Å². The molecule has 1 aliphatic rings. The van der Waals surface area contributed by atoms with E-state index in [1.54, 1.807) is 0 Å². The zero-order valence-electron chi connectivity index (χ0n) is 13.7. The Hall–Kier alpha value is -1.70. The largest absolute Gasteiger partial charge is 0.296 e. The highest BCUT2D eigenvalue weighted by atomic mass is 32.2. The van der Waals surface area contributed by atoms with Gasteiger partial charge in [0.2, 0.25) is 10.0 Å². The molecule has 1 aromatic carbocycles. The summed E-state index contributed by atoms with van der Waals surface area (Å²) in [5.41, 5.74) is 1.31. The normalized spacial score (nSPS) is 19.4. The van der Waals surface area contributed by atoms with Crippen molar-refractivity contribution in [2.45, 2.75) is 43.2 Å². The van der Waals surface area contributed by atoms with Crippen molar-refractivity contribution >= 4 is 10.0 Å². The second-order valence-electron chi connectivity index (χ2n) is 6.23. The summed E-state index contributed by atoms with van der Waals surface area (Å²) in [5, 5.41) is 6.23.